The van der Waals surface area contributed by atoms with Gasteiger partial charge in [0.2, 0.25) is 0 Å². The number of aliphatic imine (C=N–C) groups is 1. The first-order chi connectivity index (χ1) is 14.8. The van der Waals surface area contributed by atoms with Crippen molar-refractivity contribution in [3.8, 4) is 0 Å². The first-order valence-corrected chi connectivity index (χ1v) is 10.6. The fourth-order valence-electron chi connectivity index (χ4n) is 4.11. The summed E-state index contributed by atoms with van der Waals surface area (Å²) in [6.07, 6.45) is -4.22. The van der Waals surface area contributed by atoms with Gasteiger partial charge in [-0.05, 0) is 24.6 Å². The first-order valence-electron chi connectivity index (χ1n) is 10.6. The van der Waals surface area contributed by atoms with Crippen LogP contribution in [0.5, 0.6) is 0 Å². The highest BCUT2D eigenvalue weighted by Gasteiger charge is 2.41. The van der Waals surface area contributed by atoms with Crippen molar-refractivity contribution in [3.05, 3.63) is 35.6 Å². The van der Waals surface area contributed by atoms with Crippen molar-refractivity contribution in [3.63, 3.8) is 0 Å². The number of nitrogens with zero attached hydrogens (tertiary/aromatic N) is 4. The quantitative estimate of drug-likeness (QED) is 0.428. The predicted molar refractivity (Wildman–Crippen MR) is 112 cm³/mol. The molecule has 0 aromatic heterocycles. The third-order valence-corrected chi connectivity index (χ3v) is 6.02. The van der Waals surface area contributed by atoms with Gasteiger partial charge in [0.05, 0.1) is 19.3 Å². The smallest absolute Gasteiger partial charge is 0.379 e. The van der Waals surface area contributed by atoms with Crippen LogP contribution in [0.4, 0.5) is 17.6 Å². The summed E-state index contributed by atoms with van der Waals surface area (Å²) in [7, 11) is 1.67. The molecule has 10 heteroatoms. The summed E-state index contributed by atoms with van der Waals surface area (Å²) in [6, 6.07) is 5.06. The van der Waals surface area contributed by atoms with Gasteiger partial charge in [0, 0.05) is 52.9 Å². The lowest BCUT2D eigenvalue weighted by Crippen LogP contribution is -2.57. The highest BCUT2D eigenvalue weighted by Crippen LogP contribution is 2.25. The average molecular weight is 446 g/mol. The molecular weight excluding hydrogens is 414 g/mol. The summed E-state index contributed by atoms with van der Waals surface area (Å²) < 4.78 is 58.3. The van der Waals surface area contributed by atoms with Crippen LogP contribution in [0.15, 0.2) is 29.3 Å². The van der Waals surface area contributed by atoms with E-state index >= 15 is 0 Å². The maximum atomic E-state index is 13.9. The molecule has 2 atom stereocenters. The molecule has 0 aliphatic carbocycles. The fraction of sp³-hybridized carbons (Fsp3) is 0.667. The summed E-state index contributed by atoms with van der Waals surface area (Å²) in [4.78, 5) is 10.0. The van der Waals surface area contributed by atoms with Gasteiger partial charge in [-0.1, -0.05) is 12.1 Å². The van der Waals surface area contributed by atoms with Crippen LogP contribution in [0.1, 0.15) is 18.5 Å². The zero-order valence-electron chi connectivity index (χ0n) is 18.0. The van der Waals surface area contributed by atoms with Crippen LogP contribution < -0.4 is 5.32 Å². The van der Waals surface area contributed by atoms with E-state index < -0.39 is 12.2 Å². The maximum absolute atomic E-state index is 13.9. The van der Waals surface area contributed by atoms with Crippen LogP contribution in [0.3, 0.4) is 0 Å². The predicted octanol–water partition coefficient (Wildman–Crippen LogP) is 2.34. The Kier molecular flexibility index (Phi) is 8.12. The van der Waals surface area contributed by atoms with E-state index in [0.717, 1.165) is 18.7 Å². The molecule has 174 valence electrons. The highest BCUT2D eigenvalue weighted by molar-refractivity contribution is 5.80. The van der Waals surface area contributed by atoms with E-state index in [9.17, 15) is 17.6 Å². The lowest BCUT2D eigenvalue weighted by Gasteiger charge is -2.40. The number of hydrogen-bond acceptors (Lipinski definition) is 4. The number of hydrogen-bond donors (Lipinski definition) is 1. The van der Waals surface area contributed by atoms with Crippen molar-refractivity contribution in [2.75, 3.05) is 66.1 Å². The van der Waals surface area contributed by atoms with Crippen LogP contribution in [0.25, 0.3) is 0 Å². The summed E-state index contributed by atoms with van der Waals surface area (Å²) >= 11 is 0. The zero-order valence-corrected chi connectivity index (χ0v) is 18.0. The number of guanidine groups is 1. The number of halogens is 4. The van der Waals surface area contributed by atoms with E-state index in [4.69, 9.17) is 4.74 Å². The number of alkyl halides is 3. The van der Waals surface area contributed by atoms with E-state index in [0.29, 0.717) is 51.9 Å². The molecule has 1 aromatic rings. The average Bonchev–Trinajstić information content (AvgIpc) is 2.76. The Labute approximate surface area is 180 Å². The van der Waals surface area contributed by atoms with Crippen molar-refractivity contribution in [2.24, 2.45) is 4.99 Å². The lowest BCUT2D eigenvalue weighted by atomic mass is 10.0. The van der Waals surface area contributed by atoms with E-state index in [2.05, 4.69) is 15.2 Å². The summed E-state index contributed by atoms with van der Waals surface area (Å²) in [5.74, 6) is 0.365. The Morgan fingerprint density at radius 1 is 1.10 bits per heavy atom. The number of piperazine rings is 1. The molecule has 0 saturated carbocycles. The Morgan fingerprint density at radius 3 is 2.35 bits per heavy atom. The van der Waals surface area contributed by atoms with Crippen LogP contribution in [0.2, 0.25) is 0 Å². The van der Waals surface area contributed by atoms with Gasteiger partial charge >= 0.3 is 6.18 Å². The normalized spacial score (nSPS) is 21.7. The van der Waals surface area contributed by atoms with E-state index in [1.54, 1.807) is 19.2 Å². The van der Waals surface area contributed by atoms with E-state index in [1.807, 2.05) is 11.0 Å². The number of benzene rings is 1. The minimum Gasteiger partial charge on any atom is -0.379 e. The third-order valence-electron chi connectivity index (χ3n) is 6.02. The molecule has 0 bridgehead atoms. The molecule has 1 N–H and O–H groups in total. The molecule has 0 spiro atoms. The monoisotopic (exact) mass is 445 g/mol. The van der Waals surface area contributed by atoms with Gasteiger partial charge in [-0.15, -0.1) is 0 Å². The van der Waals surface area contributed by atoms with Crippen molar-refractivity contribution >= 4 is 5.96 Å². The molecule has 2 aliphatic rings. The number of ether oxygens (including phenoxy) is 1. The van der Waals surface area contributed by atoms with Gasteiger partial charge in [0.1, 0.15) is 11.9 Å². The number of rotatable bonds is 5. The Bertz CT molecular complexity index is 731. The lowest BCUT2D eigenvalue weighted by molar-refractivity contribution is -0.181. The molecule has 2 heterocycles. The molecule has 0 radical (unpaired) electrons. The molecule has 2 saturated heterocycles. The number of morpholine rings is 1. The van der Waals surface area contributed by atoms with Crippen molar-refractivity contribution in [1.82, 2.24) is 20.0 Å². The van der Waals surface area contributed by atoms with E-state index in [-0.39, 0.29) is 11.9 Å². The van der Waals surface area contributed by atoms with Crippen LogP contribution in [-0.4, -0.2) is 99.0 Å². The van der Waals surface area contributed by atoms with Crippen molar-refractivity contribution < 1.29 is 22.3 Å². The second kappa shape index (κ2) is 10.6. The molecule has 1 aromatic carbocycles. The topological polar surface area (TPSA) is 43.3 Å². The summed E-state index contributed by atoms with van der Waals surface area (Å²) in [5, 5.41) is 3.36. The third kappa shape index (κ3) is 6.30. The Hall–Kier alpha value is -1.91. The van der Waals surface area contributed by atoms with Crippen LogP contribution >= 0.6 is 0 Å². The standard InChI is InChI=1S/C21H31F4N5O/c1-16(21(23,24)25)28-6-8-30(9-7-28)20(26-2)27-15-19(29-10-12-31-13-11-29)17-4-3-5-18(22)14-17/h3-5,14,16,19H,6-13,15H2,1-2H3,(H,26,27). The Balaban J connectivity index is 1.62. The number of nitrogens with one attached hydrogen (secondary N) is 1. The van der Waals surface area contributed by atoms with Gasteiger partial charge in [-0.3, -0.25) is 14.8 Å². The molecule has 6 nitrogen and oxygen atoms in total. The SMILES string of the molecule is CN=C(NCC(c1cccc(F)c1)N1CCOCC1)N1CCN(C(C)C(F)(F)F)CC1. The minimum absolute atomic E-state index is 0.0668. The molecular formula is C21H31F4N5O. The van der Waals surface area contributed by atoms with E-state index in [1.165, 1.54) is 17.9 Å². The second-order valence-corrected chi connectivity index (χ2v) is 7.89. The largest absolute Gasteiger partial charge is 0.403 e. The van der Waals surface area contributed by atoms with Crippen LogP contribution in [0, 0.1) is 5.82 Å². The highest BCUT2D eigenvalue weighted by atomic mass is 19.4. The van der Waals surface area contributed by atoms with Gasteiger partial charge in [-0.2, -0.15) is 13.2 Å². The first kappa shape index (κ1) is 23.7. The molecule has 2 unspecified atom stereocenters. The van der Waals surface area contributed by atoms with Gasteiger partial charge < -0.3 is 15.0 Å². The van der Waals surface area contributed by atoms with Crippen molar-refractivity contribution in [2.45, 2.75) is 25.2 Å². The molecule has 3 rings (SSSR count). The fourth-order valence-corrected chi connectivity index (χ4v) is 4.11. The second-order valence-electron chi connectivity index (χ2n) is 7.89. The molecule has 31 heavy (non-hydrogen) atoms. The van der Waals surface area contributed by atoms with Crippen molar-refractivity contribution in [1.29, 1.82) is 0 Å². The molecule has 2 fully saturated rings. The molecule has 2 aliphatic heterocycles. The van der Waals surface area contributed by atoms with Gasteiger partial charge in [0.15, 0.2) is 5.96 Å². The van der Waals surface area contributed by atoms with Gasteiger partial charge in [0.25, 0.3) is 0 Å². The Morgan fingerprint density at radius 2 is 1.77 bits per heavy atom. The molecule has 0 amide bonds. The maximum Gasteiger partial charge on any atom is 0.403 e. The summed E-state index contributed by atoms with van der Waals surface area (Å²) in [6.45, 7) is 6.01. The zero-order chi connectivity index (χ0) is 22.4. The minimum atomic E-state index is -4.22. The van der Waals surface area contributed by atoms with Crippen LogP contribution in [-0.2, 0) is 4.74 Å². The summed E-state index contributed by atoms with van der Waals surface area (Å²) in [5.41, 5.74) is 0.869. The van der Waals surface area contributed by atoms with Gasteiger partial charge in [-0.25, -0.2) is 4.39 Å².